The molecule has 4 heteroatoms. The van der Waals surface area contributed by atoms with E-state index in [1.54, 1.807) is 13.6 Å². The normalized spacial score (nSPS) is 7.83. The van der Waals surface area contributed by atoms with Crippen molar-refractivity contribution in [3.8, 4) is 0 Å². The molecule has 33 valence electrons. The summed E-state index contributed by atoms with van der Waals surface area (Å²) in [6.45, 7) is 3.27. The zero-order valence-corrected chi connectivity index (χ0v) is 4.01. The maximum Gasteiger partial charge on any atom is 0.435 e. The van der Waals surface area contributed by atoms with Crippen LogP contribution in [0.3, 0.4) is 0 Å². The average molecular weight is 84.7 g/mol. The van der Waals surface area contributed by atoms with Crippen LogP contribution in [0.15, 0.2) is 0 Å². The van der Waals surface area contributed by atoms with E-state index in [-0.39, 0.29) is 0 Å². The lowest BCUT2D eigenvalue weighted by Gasteiger charge is -1.93. The zero-order valence-electron chi connectivity index (χ0n) is 4.01. The van der Waals surface area contributed by atoms with Crippen LogP contribution in [0.4, 0.5) is 0 Å². The largest absolute Gasteiger partial charge is 0.479 e. The van der Waals surface area contributed by atoms with Gasteiger partial charge in [-0.15, -0.1) is 0 Å². The molecule has 0 saturated carbocycles. The van der Waals surface area contributed by atoms with Gasteiger partial charge in [0.25, 0.3) is 7.48 Å². The molecule has 0 aliphatic heterocycles. The summed E-state index contributed by atoms with van der Waals surface area (Å²) in [6.07, 6.45) is 0. The zero-order chi connectivity index (χ0) is 4.99. The van der Waals surface area contributed by atoms with Crippen molar-refractivity contribution in [2.45, 2.75) is 13.6 Å². The van der Waals surface area contributed by atoms with Gasteiger partial charge >= 0.3 is 7.12 Å². The van der Waals surface area contributed by atoms with E-state index in [4.69, 9.17) is 5.02 Å². The topological polar surface area (TPSA) is 29.5 Å². The van der Waals surface area contributed by atoms with Gasteiger partial charge in [0.05, 0.1) is 0 Å². The van der Waals surface area contributed by atoms with Gasteiger partial charge in [0, 0.05) is 0 Å². The predicted octanol–water partition coefficient (Wildman–Crippen LogP) is -0.219. The van der Waals surface area contributed by atoms with Crippen molar-refractivity contribution in [3.63, 3.8) is 0 Å². The molecule has 0 amide bonds. The Labute approximate surface area is 38.9 Å². The van der Waals surface area contributed by atoms with E-state index < -0.39 is 7.12 Å². The lowest BCUT2D eigenvalue weighted by Crippen LogP contribution is -2.12. The molecule has 0 atom stereocenters. The second-order valence-corrected chi connectivity index (χ2v) is 0.971. The quantitative estimate of drug-likeness (QED) is 0.469. The van der Waals surface area contributed by atoms with Crippen molar-refractivity contribution in [2.24, 2.45) is 0 Å². The Morgan fingerprint density at radius 3 is 2.33 bits per heavy atom. The van der Waals surface area contributed by atoms with Crippen LogP contribution in [0, 0.1) is 0 Å². The molecule has 0 heterocycles. The first kappa shape index (κ1) is 6.05. The molecule has 0 aliphatic carbocycles. The first-order valence-corrected chi connectivity index (χ1v) is 1.88. The molecule has 0 aromatic carbocycles. The summed E-state index contributed by atoms with van der Waals surface area (Å²) in [5, 5.41) is 8.30. The minimum absolute atomic E-state index is 0.657. The second kappa shape index (κ2) is 3.25. The second-order valence-electron chi connectivity index (χ2n) is 0.971. The van der Waals surface area contributed by atoms with E-state index in [0.717, 1.165) is 0 Å². The number of hydrogen-bond donors (Lipinski definition) is 1. The fraction of sp³-hybridized carbons (Fsp3) is 1.00. The first-order chi connectivity index (χ1) is 2.77. The lowest BCUT2D eigenvalue weighted by molar-refractivity contribution is 0.440. The smallest absolute Gasteiger partial charge is 0.435 e. The highest BCUT2D eigenvalue weighted by Gasteiger charge is 1.97. The third kappa shape index (κ3) is 4.05. The molecule has 0 aliphatic rings. The van der Waals surface area contributed by atoms with Gasteiger partial charge in [-0.1, -0.05) is 6.82 Å². The Hall–Kier alpha value is 0.0499. The van der Waals surface area contributed by atoms with Crippen LogP contribution in [0.1, 0.15) is 0 Å². The summed E-state index contributed by atoms with van der Waals surface area (Å²) in [4.78, 5) is 0. The van der Waals surface area contributed by atoms with Gasteiger partial charge in [0.1, 0.15) is 0 Å². The van der Waals surface area contributed by atoms with Gasteiger partial charge in [-0.3, -0.25) is 0 Å². The fourth-order valence-electron chi connectivity index (χ4n) is 0.197. The molecule has 0 rings (SSSR count). The molecule has 0 spiro atoms. The number of rotatable bonds is 2. The number of hydrogen-bond acceptors (Lipinski definition) is 2. The SMILES string of the molecule is C[B]OB(C)O. The van der Waals surface area contributed by atoms with E-state index in [2.05, 4.69) is 4.57 Å². The highest BCUT2D eigenvalue weighted by molar-refractivity contribution is 6.50. The first-order valence-electron chi connectivity index (χ1n) is 1.88. The molecule has 0 saturated heterocycles. The van der Waals surface area contributed by atoms with Crippen molar-refractivity contribution in [3.05, 3.63) is 0 Å². The van der Waals surface area contributed by atoms with Crippen LogP contribution in [0.5, 0.6) is 0 Å². The third-order valence-electron chi connectivity index (χ3n) is 0.333. The Morgan fingerprint density at radius 2 is 2.33 bits per heavy atom. The van der Waals surface area contributed by atoms with E-state index in [1.165, 1.54) is 7.48 Å². The van der Waals surface area contributed by atoms with Gasteiger partial charge < -0.3 is 9.60 Å². The summed E-state index contributed by atoms with van der Waals surface area (Å²) in [5.41, 5.74) is 0. The van der Waals surface area contributed by atoms with Crippen LogP contribution in [0.2, 0.25) is 13.6 Å². The molecule has 0 fully saturated rings. The summed E-state index contributed by atoms with van der Waals surface area (Å²) >= 11 is 0. The maximum atomic E-state index is 8.30. The Kier molecular flexibility index (Phi) is 3.27. The van der Waals surface area contributed by atoms with E-state index in [0.29, 0.717) is 0 Å². The van der Waals surface area contributed by atoms with E-state index in [9.17, 15) is 0 Å². The highest BCUT2D eigenvalue weighted by atomic mass is 16.5. The molecular weight excluding hydrogens is 77.6 g/mol. The van der Waals surface area contributed by atoms with Crippen molar-refractivity contribution >= 4 is 14.6 Å². The molecule has 6 heavy (non-hydrogen) atoms. The van der Waals surface area contributed by atoms with Crippen LogP contribution in [0.25, 0.3) is 0 Å². The van der Waals surface area contributed by atoms with Crippen molar-refractivity contribution in [2.75, 3.05) is 0 Å². The summed E-state index contributed by atoms with van der Waals surface area (Å²) in [5.74, 6) is 0. The van der Waals surface area contributed by atoms with Gasteiger partial charge in [0.2, 0.25) is 0 Å². The van der Waals surface area contributed by atoms with Crippen molar-refractivity contribution in [1.82, 2.24) is 0 Å². The third-order valence-corrected chi connectivity index (χ3v) is 0.333. The summed E-state index contributed by atoms with van der Waals surface area (Å²) in [6, 6.07) is 0. The summed E-state index contributed by atoms with van der Waals surface area (Å²) < 4.78 is 4.47. The van der Waals surface area contributed by atoms with Crippen molar-refractivity contribution < 1.29 is 9.60 Å². The minimum Gasteiger partial charge on any atom is -0.479 e. The summed E-state index contributed by atoms with van der Waals surface area (Å²) in [7, 11) is 0.792. The van der Waals surface area contributed by atoms with E-state index in [1.807, 2.05) is 0 Å². The maximum absolute atomic E-state index is 8.30. The van der Waals surface area contributed by atoms with Gasteiger partial charge in [-0.25, -0.2) is 0 Å². The Balaban J connectivity index is 2.63. The highest BCUT2D eigenvalue weighted by Crippen LogP contribution is 1.72. The Morgan fingerprint density at radius 1 is 1.83 bits per heavy atom. The molecule has 2 nitrogen and oxygen atoms in total. The van der Waals surface area contributed by atoms with Gasteiger partial charge in [-0.05, 0) is 6.82 Å². The standard InChI is InChI=1S/C2H7B2O2/c1-3-6-4(2)5/h5H,1-2H3. The molecule has 0 bridgehead atoms. The minimum atomic E-state index is -0.657. The van der Waals surface area contributed by atoms with Gasteiger partial charge in [-0.2, -0.15) is 0 Å². The Bertz CT molecular complexity index is 30.7. The lowest BCUT2D eigenvalue weighted by atomic mass is 9.91. The molecular formula is C2H7B2O2. The van der Waals surface area contributed by atoms with Crippen LogP contribution >= 0.6 is 0 Å². The van der Waals surface area contributed by atoms with Crippen LogP contribution < -0.4 is 0 Å². The molecule has 0 aromatic heterocycles. The predicted molar refractivity (Wildman–Crippen MR) is 26.5 cm³/mol. The van der Waals surface area contributed by atoms with Crippen LogP contribution in [-0.2, 0) is 4.57 Å². The molecule has 0 unspecified atom stereocenters. The van der Waals surface area contributed by atoms with Gasteiger partial charge in [0.15, 0.2) is 0 Å². The molecule has 0 aromatic rings. The average Bonchev–Trinajstić information content (AvgIpc) is 1.35. The molecule has 1 radical (unpaired) electrons. The molecule has 1 N–H and O–H groups in total. The monoisotopic (exact) mass is 85.1 g/mol. The van der Waals surface area contributed by atoms with Crippen LogP contribution in [-0.4, -0.2) is 19.6 Å². The fourth-order valence-corrected chi connectivity index (χ4v) is 0.197. The van der Waals surface area contributed by atoms with E-state index >= 15 is 0 Å². The van der Waals surface area contributed by atoms with Crippen molar-refractivity contribution in [1.29, 1.82) is 0 Å².